The van der Waals surface area contributed by atoms with Crippen LogP contribution in [-0.4, -0.2) is 15.3 Å². The quantitative estimate of drug-likeness (QED) is 0.871. The van der Waals surface area contributed by atoms with Gasteiger partial charge in [-0.15, -0.1) is 0 Å². The van der Waals surface area contributed by atoms with Crippen LogP contribution in [0.5, 0.6) is 0 Å². The molecule has 1 heterocycles. The summed E-state index contributed by atoms with van der Waals surface area (Å²) in [5.74, 6) is 0.901. The summed E-state index contributed by atoms with van der Waals surface area (Å²) >= 11 is 3.69. The molecule has 0 bridgehead atoms. The fourth-order valence-electron chi connectivity index (χ4n) is 3.50. The lowest BCUT2D eigenvalue weighted by molar-refractivity contribution is 0.220. The average molecular weight is 342 g/mol. The summed E-state index contributed by atoms with van der Waals surface area (Å²) in [5, 5.41) is 4.58. The number of halogens is 1. The van der Waals surface area contributed by atoms with Gasteiger partial charge in [-0.2, -0.15) is 5.10 Å². The van der Waals surface area contributed by atoms with Crippen LogP contribution < -0.4 is 5.73 Å². The van der Waals surface area contributed by atoms with Gasteiger partial charge in [0.15, 0.2) is 0 Å². The van der Waals surface area contributed by atoms with Gasteiger partial charge in [-0.3, -0.25) is 4.68 Å². The molecule has 3 nitrogen and oxygen atoms in total. The first-order valence-electron chi connectivity index (χ1n) is 7.99. The van der Waals surface area contributed by atoms with E-state index in [1.165, 1.54) is 31.4 Å². The summed E-state index contributed by atoms with van der Waals surface area (Å²) in [4.78, 5) is 0. The van der Waals surface area contributed by atoms with E-state index in [1.54, 1.807) is 0 Å². The van der Waals surface area contributed by atoms with Crippen molar-refractivity contribution < 1.29 is 0 Å². The van der Waals surface area contributed by atoms with Crippen LogP contribution in [0.25, 0.3) is 0 Å². The minimum Gasteiger partial charge on any atom is -0.325 e. The zero-order valence-corrected chi connectivity index (χ0v) is 14.7. The molecule has 0 radical (unpaired) electrons. The summed E-state index contributed by atoms with van der Waals surface area (Å²) in [6, 6.07) is 0. The number of hydrogen-bond donors (Lipinski definition) is 1. The van der Waals surface area contributed by atoms with Crippen molar-refractivity contribution in [3.8, 4) is 0 Å². The molecule has 0 saturated heterocycles. The fourth-order valence-corrected chi connectivity index (χ4v) is 3.92. The summed E-state index contributed by atoms with van der Waals surface area (Å²) < 4.78 is 3.26. The highest BCUT2D eigenvalue weighted by molar-refractivity contribution is 9.10. The van der Waals surface area contributed by atoms with Gasteiger partial charge in [0, 0.05) is 18.5 Å². The van der Waals surface area contributed by atoms with Crippen LogP contribution in [0, 0.1) is 12.8 Å². The molecular formula is C16H28BrN3. The van der Waals surface area contributed by atoms with Crippen molar-refractivity contribution in [3.05, 3.63) is 15.9 Å². The third-order valence-electron chi connectivity index (χ3n) is 4.77. The van der Waals surface area contributed by atoms with E-state index in [2.05, 4.69) is 46.5 Å². The number of nitrogens with two attached hydrogens (primary N) is 1. The molecule has 0 unspecified atom stereocenters. The number of aromatic nitrogens is 2. The molecule has 1 aromatic rings. The third kappa shape index (κ3) is 3.45. The van der Waals surface area contributed by atoms with E-state index >= 15 is 0 Å². The zero-order chi connectivity index (χ0) is 14.8. The van der Waals surface area contributed by atoms with Crippen molar-refractivity contribution >= 4 is 15.9 Å². The molecular weight excluding hydrogens is 314 g/mol. The predicted octanol–water partition coefficient (Wildman–Crippen LogP) is 4.20. The highest BCUT2D eigenvalue weighted by Crippen LogP contribution is 2.36. The van der Waals surface area contributed by atoms with Crippen LogP contribution in [0.3, 0.4) is 0 Å². The van der Waals surface area contributed by atoms with Crippen LogP contribution in [0.15, 0.2) is 4.47 Å². The molecule has 1 aliphatic rings. The Balaban J connectivity index is 2.06. The number of aryl methyl sites for hydroxylation is 2. The molecule has 20 heavy (non-hydrogen) atoms. The first-order valence-corrected chi connectivity index (χ1v) is 8.79. The molecule has 1 fully saturated rings. The molecule has 4 heteroatoms. The summed E-state index contributed by atoms with van der Waals surface area (Å²) in [6.45, 7) is 7.39. The molecule has 0 spiro atoms. The Bertz CT molecular complexity index is 445. The largest absolute Gasteiger partial charge is 0.325 e. The van der Waals surface area contributed by atoms with Gasteiger partial charge in [0.2, 0.25) is 0 Å². The summed E-state index contributed by atoms with van der Waals surface area (Å²) in [6.07, 6.45) is 8.50. The van der Waals surface area contributed by atoms with Crippen molar-refractivity contribution in [2.45, 2.75) is 77.8 Å². The lowest BCUT2D eigenvalue weighted by Gasteiger charge is -2.37. The second-order valence-electron chi connectivity index (χ2n) is 6.43. The molecule has 1 saturated carbocycles. The van der Waals surface area contributed by atoms with E-state index in [0.29, 0.717) is 0 Å². The molecule has 114 valence electrons. The smallest absolute Gasteiger partial charge is 0.0738 e. The van der Waals surface area contributed by atoms with E-state index < -0.39 is 0 Å². The van der Waals surface area contributed by atoms with E-state index in [9.17, 15) is 0 Å². The highest BCUT2D eigenvalue weighted by atomic mass is 79.9. The minimum atomic E-state index is -0.0356. The van der Waals surface area contributed by atoms with Gasteiger partial charge in [-0.05, 0) is 61.4 Å². The van der Waals surface area contributed by atoms with Gasteiger partial charge in [0.1, 0.15) is 0 Å². The van der Waals surface area contributed by atoms with Crippen molar-refractivity contribution in [2.24, 2.45) is 11.7 Å². The Morgan fingerprint density at radius 1 is 1.35 bits per heavy atom. The van der Waals surface area contributed by atoms with Gasteiger partial charge >= 0.3 is 0 Å². The zero-order valence-electron chi connectivity index (χ0n) is 13.1. The number of hydrogen-bond acceptors (Lipinski definition) is 2. The van der Waals surface area contributed by atoms with Crippen LogP contribution in [0.4, 0.5) is 0 Å². The van der Waals surface area contributed by atoms with Crippen molar-refractivity contribution in [1.29, 1.82) is 0 Å². The van der Waals surface area contributed by atoms with Gasteiger partial charge in [0.05, 0.1) is 15.9 Å². The van der Waals surface area contributed by atoms with Crippen LogP contribution >= 0.6 is 15.9 Å². The Morgan fingerprint density at radius 2 is 2.00 bits per heavy atom. The van der Waals surface area contributed by atoms with E-state index in [-0.39, 0.29) is 5.54 Å². The molecule has 0 aliphatic heterocycles. The Labute approximate surface area is 131 Å². The third-order valence-corrected chi connectivity index (χ3v) is 5.80. The van der Waals surface area contributed by atoms with E-state index in [0.717, 1.165) is 41.9 Å². The SMILES string of the molecule is CCCC1CCC(N)(Cc2c(Br)c(C)nn2CC)CC1. The lowest BCUT2D eigenvalue weighted by Crippen LogP contribution is -2.45. The first-order chi connectivity index (χ1) is 9.49. The second kappa shape index (κ2) is 6.61. The standard InChI is InChI=1S/C16H28BrN3/c1-4-6-13-7-9-16(18,10-8-13)11-14-15(17)12(3)19-20(14)5-2/h13H,4-11,18H2,1-3H3. The van der Waals surface area contributed by atoms with E-state index in [1.807, 2.05) is 0 Å². The van der Waals surface area contributed by atoms with Gasteiger partial charge < -0.3 is 5.73 Å². The summed E-state index contributed by atoms with van der Waals surface area (Å²) in [5.41, 5.74) is 9.01. The minimum absolute atomic E-state index is 0.0356. The molecule has 2 N–H and O–H groups in total. The summed E-state index contributed by atoms with van der Waals surface area (Å²) in [7, 11) is 0. The average Bonchev–Trinajstić information content (AvgIpc) is 2.69. The Morgan fingerprint density at radius 3 is 2.55 bits per heavy atom. The monoisotopic (exact) mass is 341 g/mol. The van der Waals surface area contributed by atoms with Crippen LogP contribution in [-0.2, 0) is 13.0 Å². The lowest BCUT2D eigenvalue weighted by atomic mass is 9.73. The maximum atomic E-state index is 6.69. The van der Waals surface area contributed by atoms with Crippen LogP contribution in [0.1, 0.15) is 63.8 Å². The molecule has 1 aliphatic carbocycles. The maximum Gasteiger partial charge on any atom is 0.0738 e. The second-order valence-corrected chi connectivity index (χ2v) is 7.23. The molecule has 0 amide bonds. The van der Waals surface area contributed by atoms with Crippen molar-refractivity contribution in [3.63, 3.8) is 0 Å². The number of nitrogens with zero attached hydrogens (tertiary/aromatic N) is 2. The molecule has 2 rings (SSSR count). The highest BCUT2D eigenvalue weighted by Gasteiger charge is 2.33. The fraction of sp³-hybridized carbons (Fsp3) is 0.812. The molecule has 0 aromatic carbocycles. The Kier molecular flexibility index (Phi) is 5.30. The van der Waals surface area contributed by atoms with Crippen molar-refractivity contribution in [2.75, 3.05) is 0 Å². The molecule has 0 atom stereocenters. The normalized spacial score (nSPS) is 26.9. The number of rotatable bonds is 5. The van der Waals surface area contributed by atoms with E-state index in [4.69, 9.17) is 5.73 Å². The maximum absolute atomic E-state index is 6.69. The predicted molar refractivity (Wildman–Crippen MR) is 87.8 cm³/mol. The van der Waals surface area contributed by atoms with Crippen LogP contribution in [0.2, 0.25) is 0 Å². The van der Waals surface area contributed by atoms with Gasteiger partial charge in [-0.1, -0.05) is 19.8 Å². The Hall–Kier alpha value is -0.350. The first kappa shape index (κ1) is 16.0. The van der Waals surface area contributed by atoms with Crippen molar-refractivity contribution in [1.82, 2.24) is 9.78 Å². The van der Waals surface area contributed by atoms with Gasteiger partial charge in [-0.25, -0.2) is 0 Å². The van der Waals surface area contributed by atoms with Gasteiger partial charge in [0.25, 0.3) is 0 Å². The molecule has 1 aromatic heterocycles. The topological polar surface area (TPSA) is 43.8 Å².